The summed E-state index contributed by atoms with van der Waals surface area (Å²) in [5.74, 6) is 0. The van der Waals surface area contributed by atoms with Crippen molar-refractivity contribution < 1.29 is 4.74 Å². The zero-order chi connectivity index (χ0) is 12.7. The first-order valence-electron chi connectivity index (χ1n) is 6.69. The first-order valence-corrected chi connectivity index (χ1v) is 6.69. The number of nitrogens with zero attached hydrogens (tertiary/aromatic N) is 2. The Labute approximate surface area is 105 Å². The number of nitriles is 1. The van der Waals surface area contributed by atoms with Gasteiger partial charge in [0.1, 0.15) is 6.10 Å². The van der Waals surface area contributed by atoms with E-state index in [0.29, 0.717) is 18.7 Å². The van der Waals surface area contributed by atoms with Crippen molar-refractivity contribution in [2.75, 3.05) is 26.2 Å². The van der Waals surface area contributed by atoms with Crippen LogP contribution in [0.15, 0.2) is 0 Å². The minimum atomic E-state index is -0.292. The molecule has 0 bridgehead atoms. The van der Waals surface area contributed by atoms with Crippen LogP contribution in [0.5, 0.6) is 0 Å². The zero-order valence-corrected chi connectivity index (χ0v) is 11.3. The van der Waals surface area contributed by atoms with Crippen LogP contribution in [-0.2, 0) is 4.74 Å². The molecule has 1 heterocycles. The van der Waals surface area contributed by atoms with Gasteiger partial charge in [0.15, 0.2) is 0 Å². The van der Waals surface area contributed by atoms with Crippen molar-refractivity contribution in [3.63, 3.8) is 0 Å². The van der Waals surface area contributed by atoms with E-state index in [4.69, 9.17) is 10.00 Å². The number of hydrogen-bond acceptors (Lipinski definition) is 4. The number of nitrogens with one attached hydrogen (secondary N) is 1. The molecule has 0 aromatic rings. The number of rotatable bonds is 6. The Bertz CT molecular complexity index is 252. The Morgan fingerprint density at radius 2 is 2.24 bits per heavy atom. The van der Waals surface area contributed by atoms with E-state index < -0.39 is 0 Å². The highest BCUT2D eigenvalue weighted by molar-refractivity contribution is 4.85. The quantitative estimate of drug-likeness (QED) is 0.760. The molecule has 1 N–H and O–H groups in total. The Morgan fingerprint density at radius 1 is 1.47 bits per heavy atom. The second-order valence-corrected chi connectivity index (χ2v) is 4.71. The molecule has 4 nitrogen and oxygen atoms in total. The number of piperazine rings is 1. The molecule has 0 aromatic heterocycles. The molecule has 1 rings (SSSR count). The fourth-order valence-corrected chi connectivity index (χ4v) is 2.26. The topological polar surface area (TPSA) is 48.3 Å². The Kier molecular flexibility index (Phi) is 6.49. The largest absolute Gasteiger partial charge is 0.362 e. The monoisotopic (exact) mass is 239 g/mol. The standard InChI is InChI=1S/C13H25N3O/c1-4-12-10-16(13(5-2)9-15-12)6-7-17-11(3)8-14/h11-13,15H,4-7,9-10H2,1-3H3. The summed E-state index contributed by atoms with van der Waals surface area (Å²) in [5.41, 5.74) is 0. The molecule has 0 aliphatic carbocycles. The Morgan fingerprint density at radius 3 is 2.82 bits per heavy atom. The normalized spacial score (nSPS) is 27.6. The van der Waals surface area contributed by atoms with Gasteiger partial charge in [0.2, 0.25) is 0 Å². The molecule has 0 saturated carbocycles. The van der Waals surface area contributed by atoms with Crippen molar-refractivity contribution in [2.45, 2.75) is 51.8 Å². The van der Waals surface area contributed by atoms with E-state index in [1.165, 1.54) is 6.42 Å². The van der Waals surface area contributed by atoms with Crippen LogP contribution >= 0.6 is 0 Å². The molecule has 0 amide bonds. The minimum absolute atomic E-state index is 0.292. The average molecular weight is 239 g/mol. The highest BCUT2D eigenvalue weighted by atomic mass is 16.5. The van der Waals surface area contributed by atoms with Crippen molar-refractivity contribution in [3.05, 3.63) is 0 Å². The predicted molar refractivity (Wildman–Crippen MR) is 68.8 cm³/mol. The van der Waals surface area contributed by atoms with Crippen LogP contribution < -0.4 is 5.32 Å². The van der Waals surface area contributed by atoms with Crippen LogP contribution in [0, 0.1) is 11.3 Å². The lowest BCUT2D eigenvalue weighted by Gasteiger charge is -2.40. The molecule has 1 aliphatic rings. The Hall–Kier alpha value is -0.630. The van der Waals surface area contributed by atoms with Gasteiger partial charge >= 0.3 is 0 Å². The molecular formula is C13H25N3O. The van der Waals surface area contributed by atoms with Crippen molar-refractivity contribution >= 4 is 0 Å². The maximum Gasteiger partial charge on any atom is 0.141 e. The van der Waals surface area contributed by atoms with Crippen molar-refractivity contribution in [2.24, 2.45) is 0 Å². The summed E-state index contributed by atoms with van der Waals surface area (Å²) >= 11 is 0. The molecule has 1 saturated heterocycles. The fraction of sp³-hybridized carbons (Fsp3) is 0.923. The van der Waals surface area contributed by atoms with Gasteiger partial charge in [0.05, 0.1) is 12.7 Å². The summed E-state index contributed by atoms with van der Waals surface area (Å²) < 4.78 is 5.43. The van der Waals surface area contributed by atoms with Crippen LogP contribution in [0.1, 0.15) is 33.6 Å². The first-order chi connectivity index (χ1) is 8.21. The summed E-state index contributed by atoms with van der Waals surface area (Å²) in [6.07, 6.45) is 2.04. The maximum atomic E-state index is 8.65. The molecule has 3 atom stereocenters. The molecule has 98 valence electrons. The van der Waals surface area contributed by atoms with Crippen LogP contribution in [0.2, 0.25) is 0 Å². The van der Waals surface area contributed by atoms with Crippen molar-refractivity contribution in [3.8, 4) is 6.07 Å². The third-order valence-corrected chi connectivity index (χ3v) is 3.51. The van der Waals surface area contributed by atoms with E-state index in [2.05, 4.69) is 30.1 Å². The highest BCUT2D eigenvalue weighted by Gasteiger charge is 2.25. The minimum Gasteiger partial charge on any atom is -0.362 e. The van der Waals surface area contributed by atoms with Gasteiger partial charge in [-0.3, -0.25) is 4.90 Å². The van der Waals surface area contributed by atoms with Gasteiger partial charge < -0.3 is 10.1 Å². The molecular weight excluding hydrogens is 214 g/mol. The van der Waals surface area contributed by atoms with Gasteiger partial charge in [0, 0.05) is 31.7 Å². The lowest BCUT2D eigenvalue weighted by molar-refractivity contribution is 0.0483. The third-order valence-electron chi connectivity index (χ3n) is 3.51. The van der Waals surface area contributed by atoms with Crippen LogP contribution in [0.25, 0.3) is 0 Å². The van der Waals surface area contributed by atoms with E-state index in [0.717, 1.165) is 26.1 Å². The molecule has 0 radical (unpaired) electrons. The van der Waals surface area contributed by atoms with Gasteiger partial charge in [-0.15, -0.1) is 0 Å². The molecule has 1 fully saturated rings. The van der Waals surface area contributed by atoms with E-state index in [9.17, 15) is 0 Å². The maximum absolute atomic E-state index is 8.65. The van der Waals surface area contributed by atoms with Gasteiger partial charge in [-0.2, -0.15) is 5.26 Å². The van der Waals surface area contributed by atoms with Gasteiger partial charge in [-0.1, -0.05) is 13.8 Å². The van der Waals surface area contributed by atoms with Crippen LogP contribution in [0.3, 0.4) is 0 Å². The number of hydrogen-bond donors (Lipinski definition) is 1. The van der Waals surface area contributed by atoms with E-state index in [-0.39, 0.29) is 6.10 Å². The highest BCUT2D eigenvalue weighted by Crippen LogP contribution is 2.11. The summed E-state index contributed by atoms with van der Waals surface area (Å²) in [5, 5.41) is 12.2. The summed E-state index contributed by atoms with van der Waals surface area (Å²) in [4.78, 5) is 2.49. The molecule has 3 unspecified atom stereocenters. The fourth-order valence-electron chi connectivity index (χ4n) is 2.26. The third kappa shape index (κ3) is 4.63. The van der Waals surface area contributed by atoms with Crippen LogP contribution in [-0.4, -0.2) is 49.3 Å². The molecule has 0 spiro atoms. The first kappa shape index (κ1) is 14.4. The van der Waals surface area contributed by atoms with Gasteiger partial charge in [-0.05, 0) is 19.8 Å². The zero-order valence-electron chi connectivity index (χ0n) is 11.3. The average Bonchev–Trinajstić information content (AvgIpc) is 2.38. The summed E-state index contributed by atoms with van der Waals surface area (Å²) in [7, 11) is 0. The number of ether oxygens (including phenoxy) is 1. The lowest BCUT2D eigenvalue weighted by Crippen LogP contribution is -2.56. The molecule has 0 aromatic carbocycles. The Balaban J connectivity index is 2.34. The lowest BCUT2D eigenvalue weighted by atomic mass is 10.1. The van der Waals surface area contributed by atoms with Gasteiger partial charge in [-0.25, -0.2) is 0 Å². The van der Waals surface area contributed by atoms with E-state index in [1.807, 2.05) is 0 Å². The summed E-state index contributed by atoms with van der Waals surface area (Å²) in [6.45, 7) is 10.00. The van der Waals surface area contributed by atoms with Crippen molar-refractivity contribution in [1.82, 2.24) is 10.2 Å². The predicted octanol–water partition coefficient (Wildman–Crippen LogP) is 1.38. The van der Waals surface area contributed by atoms with E-state index >= 15 is 0 Å². The van der Waals surface area contributed by atoms with Gasteiger partial charge in [0.25, 0.3) is 0 Å². The van der Waals surface area contributed by atoms with Crippen molar-refractivity contribution in [1.29, 1.82) is 5.26 Å². The SMILES string of the molecule is CCC1CN(CCOC(C)C#N)C(CC)CN1. The molecule has 17 heavy (non-hydrogen) atoms. The molecule has 4 heteroatoms. The molecule has 1 aliphatic heterocycles. The second kappa shape index (κ2) is 7.65. The smallest absolute Gasteiger partial charge is 0.141 e. The van der Waals surface area contributed by atoms with Crippen LogP contribution in [0.4, 0.5) is 0 Å². The summed E-state index contributed by atoms with van der Waals surface area (Å²) in [6, 6.07) is 3.31. The second-order valence-electron chi connectivity index (χ2n) is 4.71. The van der Waals surface area contributed by atoms with E-state index in [1.54, 1.807) is 6.92 Å².